The topological polar surface area (TPSA) is 49.6 Å². The Morgan fingerprint density at radius 1 is 1.27 bits per heavy atom. The lowest BCUT2D eigenvalue weighted by Crippen LogP contribution is -2.56. The van der Waals surface area contributed by atoms with Crippen molar-refractivity contribution >= 4 is 30.7 Å². The molecule has 132 valence electrons. The molecule has 0 radical (unpaired) electrons. The molecule has 0 bridgehead atoms. The van der Waals surface area contributed by atoms with Gasteiger partial charge in [-0.15, -0.1) is 24.8 Å². The zero-order valence-electron chi connectivity index (χ0n) is 14.4. The van der Waals surface area contributed by atoms with Gasteiger partial charge in [0.1, 0.15) is 0 Å². The van der Waals surface area contributed by atoms with E-state index >= 15 is 0 Å². The van der Waals surface area contributed by atoms with Crippen molar-refractivity contribution in [2.75, 3.05) is 20.6 Å². The molecule has 4 unspecified atom stereocenters. The van der Waals surface area contributed by atoms with E-state index in [1.807, 2.05) is 11.9 Å². The van der Waals surface area contributed by atoms with Gasteiger partial charge in [0.15, 0.2) is 0 Å². The third-order valence-corrected chi connectivity index (χ3v) is 5.63. The number of nitrogens with two attached hydrogens (primary N) is 1. The summed E-state index contributed by atoms with van der Waals surface area (Å²) in [7, 11) is 4.15. The minimum atomic E-state index is -0.319. The maximum atomic E-state index is 12.8. The summed E-state index contributed by atoms with van der Waals surface area (Å²) in [5.74, 6) is 0.285. The lowest BCUT2D eigenvalue weighted by atomic mass is 9.73. The van der Waals surface area contributed by atoms with Crippen LogP contribution in [0.5, 0.6) is 0 Å². The highest BCUT2D eigenvalue weighted by molar-refractivity contribution is 5.85. The van der Waals surface area contributed by atoms with Gasteiger partial charge in [-0.1, -0.05) is 12.8 Å². The van der Waals surface area contributed by atoms with Crippen LogP contribution in [0.15, 0.2) is 0 Å². The fourth-order valence-corrected chi connectivity index (χ4v) is 3.81. The average molecular weight is 354 g/mol. The molecule has 2 aliphatic rings. The molecule has 0 aromatic carbocycles. The summed E-state index contributed by atoms with van der Waals surface area (Å²) in [6.07, 6.45) is 6.38. The Kier molecular flexibility index (Phi) is 8.71. The van der Waals surface area contributed by atoms with E-state index in [-0.39, 0.29) is 42.2 Å². The molecule has 1 aliphatic carbocycles. The molecule has 1 saturated carbocycles. The number of nitrogens with zero attached hydrogens (tertiary/aromatic N) is 2. The summed E-state index contributed by atoms with van der Waals surface area (Å²) >= 11 is 0. The minimum absolute atomic E-state index is 0. The van der Waals surface area contributed by atoms with E-state index in [0.29, 0.717) is 12.1 Å². The largest absolute Gasteiger partial charge is 0.342 e. The van der Waals surface area contributed by atoms with Crippen LogP contribution < -0.4 is 5.73 Å². The summed E-state index contributed by atoms with van der Waals surface area (Å²) in [5.41, 5.74) is 6.07. The highest BCUT2D eigenvalue weighted by Crippen LogP contribution is 2.34. The van der Waals surface area contributed by atoms with Crippen molar-refractivity contribution in [2.24, 2.45) is 11.7 Å². The van der Waals surface area contributed by atoms with Crippen molar-refractivity contribution in [2.45, 2.75) is 70.0 Å². The molecule has 0 aromatic rings. The van der Waals surface area contributed by atoms with Crippen molar-refractivity contribution < 1.29 is 4.79 Å². The summed E-state index contributed by atoms with van der Waals surface area (Å²) in [6.45, 7) is 5.38. The number of halogens is 2. The first-order valence-corrected chi connectivity index (χ1v) is 8.08. The lowest BCUT2D eigenvalue weighted by Gasteiger charge is -2.44. The molecule has 4 nitrogen and oxygen atoms in total. The summed E-state index contributed by atoms with van der Waals surface area (Å²) in [5, 5.41) is 0. The van der Waals surface area contributed by atoms with Gasteiger partial charge < -0.3 is 15.5 Å². The Bertz CT molecular complexity index is 365. The van der Waals surface area contributed by atoms with E-state index in [1.165, 1.54) is 0 Å². The number of hydrogen-bond donors (Lipinski definition) is 1. The lowest BCUT2D eigenvalue weighted by molar-refractivity contribution is -0.140. The molecule has 4 atom stereocenters. The van der Waals surface area contributed by atoms with Gasteiger partial charge in [-0.25, -0.2) is 0 Å². The Balaban J connectivity index is 0.00000220. The van der Waals surface area contributed by atoms with Gasteiger partial charge in [-0.3, -0.25) is 4.79 Å². The van der Waals surface area contributed by atoms with Crippen molar-refractivity contribution in [3.05, 3.63) is 0 Å². The predicted octanol–water partition coefficient (Wildman–Crippen LogP) is 2.68. The number of rotatable bonds is 2. The van der Waals surface area contributed by atoms with Crippen molar-refractivity contribution in [1.29, 1.82) is 0 Å². The first kappa shape index (κ1) is 22.0. The van der Waals surface area contributed by atoms with Crippen LogP contribution in [-0.4, -0.2) is 54.0 Å². The molecule has 2 rings (SSSR count). The van der Waals surface area contributed by atoms with Gasteiger partial charge in [-0.2, -0.15) is 0 Å². The maximum absolute atomic E-state index is 12.8. The number of carbonyl (C=O) groups excluding carboxylic acids is 1. The molecular formula is C16H33Cl2N3O. The molecule has 22 heavy (non-hydrogen) atoms. The summed E-state index contributed by atoms with van der Waals surface area (Å²) in [6, 6.07) is 0.936. The number of carbonyl (C=O) groups is 1. The Labute approximate surface area is 148 Å². The van der Waals surface area contributed by atoms with Crippen LogP contribution in [0.3, 0.4) is 0 Å². The number of hydrogen-bond acceptors (Lipinski definition) is 3. The molecule has 6 heteroatoms. The maximum Gasteiger partial charge on any atom is 0.227 e. The normalized spacial score (nSPS) is 36.0. The second-order valence-electron chi connectivity index (χ2n) is 7.26. The number of piperidine rings is 1. The van der Waals surface area contributed by atoms with E-state index in [9.17, 15) is 4.79 Å². The highest BCUT2D eigenvalue weighted by Gasteiger charge is 2.41. The standard InChI is InChI=1S/C16H31N3O.2ClH/c1-12-11-13(8-10-18(12)3)19(4)15(20)14-7-5-6-9-16(14,2)17;;/h12-14H,5-11,17H2,1-4H3;2*1H. The average Bonchev–Trinajstić information content (AvgIpc) is 2.40. The second kappa shape index (κ2) is 8.72. The molecule has 2 fully saturated rings. The number of likely N-dealkylation sites (tertiary alicyclic amines) is 1. The van der Waals surface area contributed by atoms with Crippen molar-refractivity contribution in [3.63, 3.8) is 0 Å². The molecule has 0 aromatic heterocycles. The Morgan fingerprint density at radius 2 is 1.91 bits per heavy atom. The van der Waals surface area contributed by atoms with Crippen LogP contribution in [-0.2, 0) is 4.79 Å². The molecule has 1 aliphatic heterocycles. The monoisotopic (exact) mass is 353 g/mol. The van der Waals surface area contributed by atoms with Crippen molar-refractivity contribution in [3.8, 4) is 0 Å². The SMILES string of the molecule is CC1CC(N(C)C(=O)C2CCCCC2(C)N)CCN1C.Cl.Cl. The van der Waals surface area contributed by atoms with Gasteiger partial charge in [-0.05, 0) is 46.6 Å². The quantitative estimate of drug-likeness (QED) is 0.830. The smallest absolute Gasteiger partial charge is 0.227 e. The van der Waals surface area contributed by atoms with Crippen LogP contribution in [0.25, 0.3) is 0 Å². The van der Waals surface area contributed by atoms with E-state index in [2.05, 4.69) is 25.8 Å². The molecule has 1 saturated heterocycles. The molecular weight excluding hydrogens is 321 g/mol. The van der Waals surface area contributed by atoms with Gasteiger partial charge in [0.2, 0.25) is 5.91 Å². The van der Waals surface area contributed by atoms with Crippen molar-refractivity contribution in [1.82, 2.24) is 9.80 Å². The van der Waals surface area contributed by atoms with Gasteiger partial charge in [0, 0.05) is 31.2 Å². The fraction of sp³-hybridized carbons (Fsp3) is 0.938. The second-order valence-corrected chi connectivity index (χ2v) is 7.26. The van der Waals surface area contributed by atoms with Crippen LogP contribution in [0.4, 0.5) is 0 Å². The minimum Gasteiger partial charge on any atom is -0.342 e. The van der Waals surface area contributed by atoms with Gasteiger partial charge >= 0.3 is 0 Å². The van der Waals surface area contributed by atoms with E-state index in [0.717, 1.165) is 45.1 Å². The third-order valence-electron chi connectivity index (χ3n) is 5.63. The van der Waals surface area contributed by atoms with Gasteiger partial charge in [0.05, 0.1) is 5.92 Å². The van der Waals surface area contributed by atoms with Crippen LogP contribution >= 0.6 is 24.8 Å². The zero-order valence-corrected chi connectivity index (χ0v) is 16.0. The van der Waals surface area contributed by atoms with Crippen LogP contribution in [0.2, 0.25) is 0 Å². The van der Waals surface area contributed by atoms with E-state index in [4.69, 9.17) is 5.73 Å². The number of amides is 1. The third kappa shape index (κ3) is 4.73. The zero-order chi connectivity index (χ0) is 14.9. The summed E-state index contributed by atoms with van der Waals surface area (Å²) < 4.78 is 0. The summed E-state index contributed by atoms with van der Waals surface area (Å²) in [4.78, 5) is 17.2. The van der Waals surface area contributed by atoms with Crippen LogP contribution in [0.1, 0.15) is 52.4 Å². The molecule has 1 amide bonds. The Hall–Kier alpha value is -0.0300. The van der Waals surface area contributed by atoms with E-state index in [1.54, 1.807) is 0 Å². The predicted molar refractivity (Wildman–Crippen MR) is 96.9 cm³/mol. The molecule has 2 N–H and O–H groups in total. The first-order valence-electron chi connectivity index (χ1n) is 8.08. The molecule has 0 spiro atoms. The highest BCUT2D eigenvalue weighted by atomic mass is 35.5. The van der Waals surface area contributed by atoms with E-state index < -0.39 is 0 Å². The first-order chi connectivity index (χ1) is 9.33. The van der Waals surface area contributed by atoms with Gasteiger partial charge in [0.25, 0.3) is 0 Å². The fourth-order valence-electron chi connectivity index (χ4n) is 3.81. The van der Waals surface area contributed by atoms with Crippen LogP contribution in [0, 0.1) is 5.92 Å². The molecule has 1 heterocycles. The Morgan fingerprint density at radius 3 is 2.45 bits per heavy atom.